The number of nitrogens with zero attached hydrogens (tertiary/aromatic N) is 6. The van der Waals surface area contributed by atoms with Crippen molar-refractivity contribution in [1.82, 2.24) is 30.2 Å². The third-order valence-corrected chi connectivity index (χ3v) is 6.40. The first-order valence-electron chi connectivity index (χ1n) is 12.0. The summed E-state index contributed by atoms with van der Waals surface area (Å²) in [6.45, 7) is 0.424. The van der Waals surface area contributed by atoms with Gasteiger partial charge in [0.15, 0.2) is 0 Å². The van der Waals surface area contributed by atoms with Crippen molar-refractivity contribution >= 4 is 40.9 Å². The minimum Gasteiger partial charge on any atom is -0.384 e. The zero-order valence-corrected chi connectivity index (χ0v) is 21.7. The average Bonchev–Trinajstić information content (AvgIpc) is 3.56. The Hall–Kier alpha value is -4.57. The summed E-state index contributed by atoms with van der Waals surface area (Å²) in [5.41, 5.74) is 10.5. The molecule has 0 bridgehead atoms. The molecular weight excluding hydrogens is 502 g/mol. The molecule has 0 saturated heterocycles. The number of amidine groups is 1. The predicted octanol–water partition coefficient (Wildman–Crippen LogP) is 3.47. The Morgan fingerprint density at radius 1 is 1.00 bits per heavy atom. The van der Waals surface area contributed by atoms with E-state index < -0.39 is 0 Å². The van der Waals surface area contributed by atoms with Gasteiger partial charge in [0.25, 0.3) is 5.91 Å². The zero-order valence-electron chi connectivity index (χ0n) is 20.8. The fourth-order valence-corrected chi connectivity index (χ4v) is 4.33. The van der Waals surface area contributed by atoms with E-state index in [4.69, 9.17) is 16.1 Å². The highest BCUT2D eigenvalue weighted by molar-refractivity contribution is 6.07. The Kier molecular flexibility index (Phi) is 8.12. The molecule has 0 fully saturated rings. The second-order valence-electron chi connectivity index (χ2n) is 8.79. The summed E-state index contributed by atoms with van der Waals surface area (Å²) in [6, 6.07) is 22.9. The molecule has 3 aromatic carbocycles. The fraction of sp³-hybridized carbons (Fsp3) is 0.185. The molecule has 5 aromatic rings. The number of aryl methyl sites for hydroxylation is 3. The van der Waals surface area contributed by atoms with Crippen LogP contribution >= 0.6 is 12.4 Å². The maximum absolute atomic E-state index is 13.6. The number of para-hydroxylation sites is 1. The lowest BCUT2D eigenvalue weighted by molar-refractivity contribution is 0.0987. The van der Waals surface area contributed by atoms with Crippen molar-refractivity contribution in [3.8, 4) is 0 Å². The molecule has 10 nitrogen and oxygen atoms in total. The number of nitrogens with two attached hydrogens (primary N) is 1. The van der Waals surface area contributed by atoms with Gasteiger partial charge in [0.2, 0.25) is 0 Å². The summed E-state index contributed by atoms with van der Waals surface area (Å²) in [6.07, 6.45) is 2.05. The van der Waals surface area contributed by atoms with Crippen LogP contribution in [0.15, 0.2) is 72.8 Å². The number of H-pyrrole nitrogens is 1. The molecule has 2 heterocycles. The molecule has 0 spiro atoms. The number of carbonyl (C=O) groups excluding carboxylic acids is 1. The van der Waals surface area contributed by atoms with E-state index in [0.717, 1.165) is 41.0 Å². The lowest BCUT2D eigenvalue weighted by Gasteiger charge is -2.22. The van der Waals surface area contributed by atoms with Gasteiger partial charge < -0.3 is 15.2 Å². The molecule has 38 heavy (non-hydrogen) atoms. The molecule has 0 radical (unpaired) electrons. The number of aromatic amines is 1. The number of rotatable bonds is 9. The summed E-state index contributed by atoms with van der Waals surface area (Å²) in [7, 11) is 1.99. The van der Waals surface area contributed by atoms with E-state index in [1.807, 2.05) is 79.8 Å². The van der Waals surface area contributed by atoms with Crippen molar-refractivity contribution in [3.63, 3.8) is 0 Å². The largest absolute Gasteiger partial charge is 0.384 e. The number of tetrazole rings is 1. The number of nitrogens with one attached hydrogen (secondary N) is 2. The molecule has 0 aliphatic rings. The molecule has 4 N–H and O–H groups in total. The number of aromatic nitrogens is 6. The second-order valence-corrected chi connectivity index (χ2v) is 8.79. The quantitative estimate of drug-likeness (QED) is 0.197. The fourth-order valence-electron chi connectivity index (χ4n) is 4.33. The van der Waals surface area contributed by atoms with Crippen LogP contribution < -0.4 is 10.6 Å². The van der Waals surface area contributed by atoms with E-state index in [1.54, 1.807) is 4.90 Å². The molecular formula is C27H28ClN9O. The molecule has 5 rings (SSSR count). The van der Waals surface area contributed by atoms with Gasteiger partial charge in [-0.1, -0.05) is 42.5 Å². The molecule has 1 amide bonds. The topological polar surface area (TPSA) is 142 Å². The van der Waals surface area contributed by atoms with Gasteiger partial charge in [0.1, 0.15) is 17.5 Å². The molecule has 0 aliphatic heterocycles. The molecule has 194 valence electrons. The molecule has 0 aliphatic carbocycles. The number of imidazole rings is 1. The maximum Gasteiger partial charge on any atom is 0.258 e. The lowest BCUT2D eigenvalue weighted by Crippen LogP contribution is -2.33. The summed E-state index contributed by atoms with van der Waals surface area (Å²) >= 11 is 0. The lowest BCUT2D eigenvalue weighted by atomic mass is 10.1. The van der Waals surface area contributed by atoms with Crippen LogP contribution in [0.25, 0.3) is 11.0 Å². The Morgan fingerprint density at radius 3 is 2.42 bits per heavy atom. The van der Waals surface area contributed by atoms with Crippen molar-refractivity contribution in [2.45, 2.75) is 19.3 Å². The normalized spacial score (nSPS) is 10.8. The first kappa shape index (κ1) is 26.5. The Morgan fingerprint density at radius 2 is 1.74 bits per heavy atom. The summed E-state index contributed by atoms with van der Waals surface area (Å²) in [4.78, 5) is 20.2. The van der Waals surface area contributed by atoms with Crippen LogP contribution in [0, 0.1) is 5.41 Å². The number of anilines is 1. The second kappa shape index (κ2) is 11.7. The number of benzene rings is 3. The van der Waals surface area contributed by atoms with Gasteiger partial charge in [0.05, 0.1) is 11.0 Å². The standard InChI is InChI=1S/C27H27N9O.ClH/c1-35-23-13-12-20(17-22(23)30-25(35)14-9-18-7-10-19(11-8-18)26(28)29)27(37)36(21-5-3-2-4-6-21)16-15-24-31-33-34-32-24;/h2-8,10-13,17H,9,14-16H2,1H3,(H3,28,29)(H,31,32,33,34);1H. The van der Waals surface area contributed by atoms with Gasteiger partial charge in [-0.3, -0.25) is 10.2 Å². The number of nitrogen functional groups attached to an aromatic ring is 1. The van der Waals surface area contributed by atoms with Gasteiger partial charge in [-0.05, 0) is 52.7 Å². The Balaban J connectivity index is 0.00000336. The third kappa shape index (κ3) is 5.70. The van der Waals surface area contributed by atoms with Gasteiger partial charge >= 0.3 is 0 Å². The van der Waals surface area contributed by atoms with Crippen LogP contribution in [0.4, 0.5) is 5.69 Å². The van der Waals surface area contributed by atoms with Gasteiger partial charge in [-0.25, -0.2) is 10.1 Å². The van der Waals surface area contributed by atoms with E-state index in [0.29, 0.717) is 29.9 Å². The number of hydrogen-bond acceptors (Lipinski definition) is 6. The smallest absolute Gasteiger partial charge is 0.258 e. The van der Waals surface area contributed by atoms with Gasteiger partial charge in [-0.15, -0.1) is 17.5 Å². The van der Waals surface area contributed by atoms with Crippen LogP contribution in [0.1, 0.15) is 33.1 Å². The van der Waals surface area contributed by atoms with Crippen LogP contribution in [0.2, 0.25) is 0 Å². The number of hydrogen-bond donors (Lipinski definition) is 3. The maximum atomic E-state index is 13.6. The van der Waals surface area contributed by atoms with Crippen molar-refractivity contribution in [1.29, 1.82) is 5.41 Å². The third-order valence-electron chi connectivity index (χ3n) is 6.40. The Bertz CT molecular complexity index is 1530. The number of carbonyl (C=O) groups is 1. The highest BCUT2D eigenvalue weighted by atomic mass is 35.5. The van der Waals surface area contributed by atoms with E-state index in [2.05, 4.69) is 25.2 Å². The van der Waals surface area contributed by atoms with Crippen molar-refractivity contribution in [2.24, 2.45) is 12.8 Å². The number of amides is 1. The SMILES string of the molecule is Cl.Cn1c(CCc2ccc(C(=N)N)cc2)nc2cc(C(=O)N(CCc3nnn[nH]3)c3ccccc3)ccc21. The van der Waals surface area contributed by atoms with Gasteiger partial charge in [0, 0.05) is 43.2 Å². The average molecular weight is 530 g/mol. The molecule has 0 saturated carbocycles. The number of halogens is 1. The van der Waals surface area contributed by atoms with Crippen LogP contribution in [-0.2, 0) is 26.3 Å². The number of fused-ring (bicyclic) bond motifs is 1. The van der Waals surface area contributed by atoms with Crippen LogP contribution in [-0.4, -0.2) is 48.5 Å². The first-order chi connectivity index (χ1) is 18.0. The zero-order chi connectivity index (χ0) is 25.8. The van der Waals surface area contributed by atoms with Crippen molar-refractivity contribution in [2.75, 3.05) is 11.4 Å². The molecule has 11 heteroatoms. The molecule has 2 aromatic heterocycles. The first-order valence-corrected chi connectivity index (χ1v) is 12.0. The summed E-state index contributed by atoms with van der Waals surface area (Å²) in [5.74, 6) is 1.51. The Labute approximate surface area is 225 Å². The van der Waals surface area contributed by atoms with Crippen molar-refractivity contribution < 1.29 is 4.79 Å². The van der Waals surface area contributed by atoms with E-state index in [1.165, 1.54) is 0 Å². The van der Waals surface area contributed by atoms with E-state index in [-0.39, 0.29) is 24.1 Å². The minimum absolute atomic E-state index is 0. The van der Waals surface area contributed by atoms with E-state index in [9.17, 15) is 4.79 Å². The van der Waals surface area contributed by atoms with E-state index >= 15 is 0 Å². The minimum atomic E-state index is -0.113. The monoisotopic (exact) mass is 529 g/mol. The summed E-state index contributed by atoms with van der Waals surface area (Å²) in [5, 5.41) is 21.5. The highest BCUT2D eigenvalue weighted by Crippen LogP contribution is 2.22. The predicted molar refractivity (Wildman–Crippen MR) is 149 cm³/mol. The van der Waals surface area contributed by atoms with Crippen LogP contribution in [0.5, 0.6) is 0 Å². The summed E-state index contributed by atoms with van der Waals surface area (Å²) < 4.78 is 2.07. The molecule has 0 unspecified atom stereocenters. The van der Waals surface area contributed by atoms with Crippen LogP contribution in [0.3, 0.4) is 0 Å². The van der Waals surface area contributed by atoms with Gasteiger partial charge in [-0.2, -0.15) is 0 Å². The van der Waals surface area contributed by atoms with Crippen molar-refractivity contribution in [3.05, 3.63) is 101 Å². The highest BCUT2D eigenvalue weighted by Gasteiger charge is 2.20. The molecule has 0 atom stereocenters.